The van der Waals surface area contributed by atoms with E-state index in [0.717, 1.165) is 0 Å². The number of aliphatic carboxylic acids is 2. The van der Waals surface area contributed by atoms with Crippen LogP contribution in [0.5, 0.6) is 5.75 Å². The number of hydrogen-bond donors (Lipinski definition) is 9. The third-order valence-electron chi connectivity index (χ3n) is 8.76. The molecule has 2 saturated heterocycles. The molecule has 0 saturated carbocycles. The zero-order valence-electron chi connectivity index (χ0n) is 27.7. The number of nitrogens with one attached hydrogen (secondary N) is 3. The van der Waals surface area contributed by atoms with Gasteiger partial charge in [-0.1, -0.05) is 12.1 Å². The number of carbonyl (C=O) groups is 7. The SMILES string of the molecule is NCCCC[C@H](NC(=O)[C@H](CO)NC(=O)[C@@H]1CCCN1C(=O)[C@@H](N)Cc1ccc(O)cc1)C(=O)N1CCC[C@H]1C(=O)N[C@@H](CC(=O)O)C(=O)O. The Balaban J connectivity index is 1.67. The minimum absolute atomic E-state index is 0.0620. The Bertz CT molecular complexity index is 1390. The molecule has 2 aliphatic heterocycles. The number of likely N-dealkylation sites (tertiary alicyclic amines) is 2. The molecule has 276 valence electrons. The molecule has 1 aromatic rings. The van der Waals surface area contributed by atoms with Crippen LogP contribution in [0.4, 0.5) is 0 Å². The molecule has 5 amide bonds. The number of phenols is 1. The summed E-state index contributed by atoms with van der Waals surface area (Å²) in [6, 6.07) is -1.28. The molecule has 18 nitrogen and oxygen atoms in total. The lowest BCUT2D eigenvalue weighted by atomic mass is 10.0. The summed E-state index contributed by atoms with van der Waals surface area (Å²) in [7, 11) is 0. The van der Waals surface area contributed by atoms with Gasteiger partial charge in [-0.25, -0.2) is 4.79 Å². The normalized spacial score (nSPS) is 19.6. The van der Waals surface area contributed by atoms with E-state index in [0.29, 0.717) is 37.8 Å². The van der Waals surface area contributed by atoms with Crippen molar-refractivity contribution in [3.63, 3.8) is 0 Å². The Morgan fingerprint density at radius 1 is 0.800 bits per heavy atom. The number of nitrogens with zero attached hydrogens (tertiary/aromatic N) is 2. The number of hydrogen-bond acceptors (Lipinski definition) is 11. The fraction of sp³-hybridized carbons (Fsp3) is 0.594. The van der Waals surface area contributed by atoms with Crippen LogP contribution >= 0.6 is 0 Å². The van der Waals surface area contributed by atoms with Gasteiger partial charge in [0.1, 0.15) is 36.0 Å². The molecule has 0 aliphatic carbocycles. The number of aliphatic hydroxyl groups excluding tert-OH is 1. The molecular weight excluding hydrogens is 658 g/mol. The molecule has 0 bridgehead atoms. The maximum atomic E-state index is 13.7. The van der Waals surface area contributed by atoms with E-state index in [4.69, 9.17) is 16.6 Å². The number of phenolic OH excluding ortho intramolecular Hbond substituents is 1. The van der Waals surface area contributed by atoms with Crippen LogP contribution in [0.3, 0.4) is 0 Å². The molecule has 18 heteroatoms. The fourth-order valence-electron chi connectivity index (χ4n) is 6.12. The number of unbranched alkanes of at least 4 members (excludes halogenated alkanes) is 1. The molecule has 50 heavy (non-hydrogen) atoms. The van der Waals surface area contributed by atoms with Gasteiger partial charge in [0.15, 0.2) is 0 Å². The largest absolute Gasteiger partial charge is 0.508 e. The van der Waals surface area contributed by atoms with Gasteiger partial charge in [0.05, 0.1) is 19.1 Å². The molecule has 1 aromatic carbocycles. The maximum Gasteiger partial charge on any atom is 0.326 e. The Hall–Kier alpha value is -4.81. The summed E-state index contributed by atoms with van der Waals surface area (Å²) >= 11 is 0. The number of nitrogens with two attached hydrogens (primary N) is 2. The van der Waals surface area contributed by atoms with Crippen molar-refractivity contribution in [1.82, 2.24) is 25.8 Å². The van der Waals surface area contributed by atoms with Crippen molar-refractivity contribution in [2.75, 3.05) is 26.2 Å². The second-order valence-corrected chi connectivity index (χ2v) is 12.4. The first kappa shape index (κ1) is 39.6. The number of carbonyl (C=O) groups excluding carboxylic acids is 5. The van der Waals surface area contributed by atoms with Gasteiger partial charge in [-0.05, 0) is 75.6 Å². The predicted molar refractivity (Wildman–Crippen MR) is 175 cm³/mol. The summed E-state index contributed by atoms with van der Waals surface area (Å²) in [5.41, 5.74) is 12.5. The van der Waals surface area contributed by atoms with Gasteiger partial charge in [-0.2, -0.15) is 0 Å². The zero-order valence-corrected chi connectivity index (χ0v) is 27.7. The first-order valence-corrected chi connectivity index (χ1v) is 16.6. The van der Waals surface area contributed by atoms with Crippen molar-refractivity contribution < 1.29 is 54.0 Å². The van der Waals surface area contributed by atoms with Crippen LogP contribution in [0.2, 0.25) is 0 Å². The third-order valence-corrected chi connectivity index (χ3v) is 8.76. The lowest BCUT2D eigenvalue weighted by Crippen LogP contribution is -2.59. The van der Waals surface area contributed by atoms with E-state index in [-0.39, 0.29) is 44.5 Å². The van der Waals surface area contributed by atoms with Crippen LogP contribution in [0.25, 0.3) is 0 Å². The Morgan fingerprint density at radius 2 is 1.36 bits per heavy atom. The standard InChI is InChI=1S/C32H47N7O11/c33-12-2-1-5-21(31(48)39-14-4-7-25(39)28(45)36-22(32(49)50)16-26(42)43)35-27(44)23(17-40)37-29(46)24-6-3-13-38(24)30(47)20(34)15-18-8-10-19(41)11-9-18/h8-11,20-25,40-41H,1-7,12-17,33-34H2,(H,35,44)(H,36,45)(H,37,46)(H,42,43)(H,49,50)/t20-,21-,22-,23-,24-,25-/m0/s1. The Morgan fingerprint density at radius 3 is 1.88 bits per heavy atom. The number of carboxylic acids is 2. The number of rotatable bonds is 18. The maximum absolute atomic E-state index is 13.7. The van der Waals surface area contributed by atoms with Crippen molar-refractivity contribution in [3.05, 3.63) is 29.8 Å². The summed E-state index contributed by atoms with van der Waals surface area (Å²) in [6.07, 6.45) is 1.63. The molecule has 0 aromatic heterocycles. The highest BCUT2D eigenvalue weighted by Gasteiger charge is 2.41. The van der Waals surface area contributed by atoms with Gasteiger partial charge in [0, 0.05) is 13.1 Å². The van der Waals surface area contributed by atoms with Gasteiger partial charge in [-0.15, -0.1) is 0 Å². The van der Waals surface area contributed by atoms with Gasteiger partial charge < -0.3 is 57.6 Å². The van der Waals surface area contributed by atoms with Gasteiger partial charge >= 0.3 is 11.9 Å². The fourth-order valence-corrected chi connectivity index (χ4v) is 6.12. The van der Waals surface area contributed by atoms with Crippen molar-refractivity contribution in [2.45, 2.75) is 94.0 Å². The molecule has 0 radical (unpaired) electrons. The zero-order chi connectivity index (χ0) is 37.0. The minimum atomic E-state index is -1.72. The smallest absolute Gasteiger partial charge is 0.326 e. The van der Waals surface area contributed by atoms with E-state index in [2.05, 4.69) is 16.0 Å². The van der Waals surface area contributed by atoms with Crippen LogP contribution in [0.15, 0.2) is 24.3 Å². The second kappa shape index (κ2) is 18.8. The van der Waals surface area contributed by atoms with Crippen molar-refractivity contribution in [2.24, 2.45) is 11.5 Å². The minimum Gasteiger partial charge on any atom is -0.508 e. The van der Waals surface area contributed by atoms with Crippen LogP contribution in [-0.4, -0.2) is 134 Å². The molecule has 2 fully saturated rings. The molecule has 0 spiro atoms. The third kappa shape index (κ3) is 10.8. The highest BCUT2D eigenvalue weighted by atomic mass is 16.4. The van der Waals surface area contributed by atoms with Crippen molar-refractivity contribution >= 4 is 41.5 Å². The monoisotopic (exact) mass is 705 g/mol. The Labute approximate surface area is 288 Å². The second-order valence-electron chi connectivity index (χ2n) is 12.4. The highest BCUT2D eigenvalue weighted by molar-refractivity contribution is 5.97. The van der Waals surface area contributed by atoms with E-state index in [1.54, 1.807) is 12.1 Å². The lowest BCUT2D eigenvalue weighted by molar-refractivity contribution is -0.148. The number of benzene rings is 1. The molecule has 0 unspecified atom stereocenters. The molecular formula is C32H47N7O11. The van der Waals surface area contributed by atoms with Crippen molar-refractivity contribution in [3.8, 4) is 5.75 Å². The summed E-state index contributed by atoms with van der Waals surface area (Å²) in [4.78, 5) is 91.7. The summed E-state index contributed by atoms with van der Waals surface area (Å²) in [5.74, 6) is -6.50. The van der Waals surface area contributed by atoms with Crippen LogP contribution < -0.4 is 27.4 Å². The topological polar surface area (TPSA) is 295 Å². The van der Waals surface area contributed by atoms with Gasteiger partial charge in [-0.3, -0.25) is 28.8 Å². The average Bonchev–Trinajstić information content (AvgIpc) is 3.77. The van der Waals surface area contributed by atoms with E-state index < -0.39 is 90.8 Å². The van der Waals surface area contributed by atoms with E-state index in [9.17, 15) is 48.9 Å². The molecule has 11 N–H and O–H groups in total. The molecule has 2 aliphatic rings. The summed E-state index contributed by atoms with van der Waals surface area (Å²) in [6.45, 7) is -0.176. The Kier molecular flexibility index (Phi) is 14.9. The number of carboxylic acid groups (broad SMARTS) is 2. The number of amides is 5. The summed E-state index contributed by atoms with van der Waals surface area (Å²) < 4.78 is 0. The predicted octanol–water partition coefficient (Wildman–Crippen LogP) is -2.62. The van der Waals surface area contributed by atoms with Crippen molar-refractivity contribution in [1.29, 1.82) is 0 Å². The first-order valence-electron chi connectivity index (χ1n) is 16.6. The van der Waals surface area contributed by atoms with Crippen LogP contribution in [-0.2, 0) is 40.0 Å². The highest BCUT2D eigenvalue weighted by Crippen LogP contribution is 2.22. The lowest BCUT2D eigenvalue weighted by Gasteiger charge is -2.31. The average molecular weight is 706 g/mol. The summed E-state index contributed by atoms with van der Waals surface area (Å²) in [5, 5.41) is 45.1. The van der Waals surface area contributed by atoms with E-state index in [1.165, 1.54) is 21.9 Å². The molecule has 3 rings (SSSR count). The van der Waals surface area contributed by atoms with E-state index >= 15 is 0 Å². The molecule has 2 heterocycles. The first-order chi connectivity index (χ1) is 23.8. The molecule has 6 atom stereocenters. The van der Waals surface area contributed by atoms with Gasteiger partial charge in [0.2, 0.25) is 29.5 Å². The quantitative estimate of drug-likeness (QED) is 0.0708. The number of aromatic hydroxyl groups is 1. The number of aliphatic hydroxyl groups is 1. The van der Waals surface area contributed by atoms with E-state index in [1.807, 2.05) is 0 Å². The van der Waals surface area contributed by atoms with Crippen LogP contribution in [0, 0.1) is 0 Å². The van der Waals surface area contributed by atoms with Gasteiger partial charge in [0.25, 0.3) is 0 Å². The van der Waals surface area contributed by atoms with Crippen LogP contribution in [0.1, 0.15) is 56.9 Å².